The summed E-state index contributed by atoms with van der Waals surface area (Å²) in [5.74, 6) is 0.950. The second-order valence-electron chi connectivity index (χ2n) is 9.11. The Morgan fingerprint density at radius 3 is 2.56 bits per heavy atom. The lowest BCUT2D eigenvalue weighted by atomic mass is 9.74. The third-order valence-electron chi connectivity index (χ3n) is 6.84. The monoisotopic (exact) mass is 473 g/mol. The number of nitrogens with zero attached hydrogens (tertiary/aromatic N) is 3. The van der Waals surface area contributed by atoms with E-state index in [4.69, 9.17) is 9.47 Å². The predicted molar refractivity (Wildman–Crippen MR) is 114 cm³/mol. The molecule has 3 aromatic rings. The molecule has 0 N–H and O–H groups in total. The quantitative estimate of drug-likeness (QED) is 0.501. The summed E-state index contributed by atoms with van der Waals surface area (Å²) in [6.07, 6.45) is -2.25. The van der Waals surface area contributed by atoms with Crippen LogP contribution in [0, 0.1) is 11.7 Å². The smallest absolute Gasteiger partial charge is 0.416 e. The summed E-state index contributed by atoms with van der Waals surface area (Å²) in [5.41, 5.74) is -0.626. The fourth-order valence-electron chi connectivity index (χ4n) is 5.29. The molecule has 1 aromatic heterocycles. The normalized spacial score (nSPS) is 22.2. The summed E-state index contributed by atoms with van der Waals surface area (Å²) >= 11 is 0. The lowest BCUT2D eigenvalue weighted by Gasteiger charge is -2.37. The van der Waals surface area contributed by atoms with Gasteiger partial charge in [0.1, 0.15) is 18.2 Å². The molecule has 0 atom stereocenters. The number of hydrogen-bond acceptors (Lipinski definition) is 5. The van der Waals surface area contributed by atoms with Crippen molar-refractivity contribution in [3.63, 3.8) is 0 Å². The Balaban J connectivity index is 1.14. The maximum absolute atomic E-state index is 14.5. The minimum atomic E-state index is -4.46. The highest BCUT2D eigenvalue weighted by atomic mass is 19.4. The van der Waals surface area contributed by atoms with E-state index in [1.807, 2.05) is 0 Å². The SMILES string of the molecule is O=c1nc(OCc2ccc(Oc3ccc(C(F)(F)F)cc3)c(F)c2)cc2n1CC13CC(CN21)C3. The van der Waals surface area contributed by atoms with E-state index < -0.39 is 17.6 Å². The third-order valence-corrected chi connectivity index (χ3v) is 6.84. The standard InChI is InChI=1S/C24H19F4N3O3/c25-18-7-14(1-6-19(18)34-17-4-2-16(3-5-17)24(26,27)28)12-33-20-8-21-30(22(32)29-20)13-23-9-15(10-23)11-31(21)23/h1-8,15H,9-13H2. The van der Waals surface area contributed by atoms with Crippen molar-refractivity contribution in [3.05, 3.63) is 76.0 Å². The highest BCUT2D eigenvalue weighted by Crippen LogP contribution is 2.56. The minimum Gasteiger partial charge on any atom is -0.473 e. The Morgan fingerprint density at radius 2 is 1.85 bits per heavy atom. The van der Waals surface area contributed by atoms with E-state index in [0.717, 1.165) is 49.5 Å². The van der Waals surface area contributed by atoms with Crippen LogP contribution >= 0.6 is 0 Å². The van der Waals surface area contributed by atoms with Crippen molar-refractivity contribution >= 4 is 5.82 Å². The zero-order valence-electron chi connectivity index (χ0n) is 17.8. The molecule has 3 aliphatic heterocycles. The fraction of sp³-hybridized carbons (Fsp3) is 0.333. The lowest BCUT2D eigenvalue weighted by Crippen LogP contribution is -2.44. The molecule has 2 saturated heterocycles. The van der Waals surface area contributed by atoms with Gasteiger partial charge in [0.25, 0.3) is 0 Å². The molecule has 1 aliphatic carbocycles. The number of benzene rings is 2. The van der Waals surface area contributed by atoms with Gasteiger partial charge in [-0.3, -0.25) is 4.57 Å². The zero-order valence-corrected chi connectivity index (χ0v) is 17.8. The number of aromatic nitrogens is 2. The van der Waals surface area contributed by atoms with Crippen LogP contribution in [-0.2, 0) is 19.3 Å². The van der Waals surface area contributed by atoms with Crippen LogP contribution in [0.25, 0.3) is 0 Å². The first kappa shape index (κ1) is 21.0. The summed E-state index contributed by atoms with van der Waals surface area (Å²) in [7, 11) is 0. The molecule has 4 heterocycles. The van der Waals surface area contributed by atoms with E-state index in [1.54, 1.807) is 16.7 Å². The number of ether oxygens (including phenoxy) is 2. The van der Waals surface area contributed by atoms with Crippen LogP contribution in [0.5, 0.6) is 17.4 Å². The van der Waals surface area contributed by atoms with Gasteiger partial charge in [-0.1, -0.05) is 6.07 Å². The Hall–Kier alpha value is -3.56. The van der Waals surface area contributed by atoms with Gasteiger partial charge in [-0.15, -0.1) is 0 Å². The highest BCUT2D eigenvalue weighted by Gasteiger charge is 2.60. The topological polar surface area (TPSA) is 56.6 Å². The van der Waals surface area contributed by atoms with Gasteiger partial charge in [-0.2, -0.15) is 18.2 Å². The molecule has 7 rings (SSSR count). The molecule has 3 fully saturated rings. The van der Waals surface area contributed by atoms with Crippen LogP contribution in [0.15, 0.2) is 53.3 Å². The van der Waals surface area contributed by atoms with Gasteiger partial charge in [-0.25, -0.2) is 9.18 Å². The number of rotatable bonds is 5. The summed E-state index contributed by atoms with van der Waals surface area (Å²) < 4.78 is 65.3. The molecule has 0 unspecified atom stereocenters. The maximum Gasteiger partial charge on any atom is 0.416 e. The molecular formula is C24H19F4N3O3. The van der Waals surface area contributed by atoms with E-state index in [9.17, 15) is 22.4 Å². The first-order chi connectivity index (χ1) is 16.2. The number of fused-ring (bicyclic) bond motifs is 1. The summed E-state index contributed by atoms with van der Waals surface area (Å²) in [6.45, 7) is 1.59. The van der Waals surface area contributed by atoms with Gasteiger partial charge in [0.2, 0.25) is 5.88 Å². The van der Waals surface area contributed by atoms with Crippen LogP contribution < -0.4 is 20.1 Å². The average molecular weight is 473 g/mol. The summed E-state index contributed by atoms with van der Waals surface area (Å²) in [4.78, 5) is 18.8. The molecule has 10 heteroatoms. The van der Waals surface area contributed by atoms with E-state index in [2.05, 4.69) is 9.88 Å². The van der Waals surface area contributed by atoms with Gasteiger partial charge in [0, 0.05) is 12.6 Å². The molecule has 6 nitrogen and oxygen atoms in total. The second kappa shape index (κ2) is 7.22. The molecular weight excluding hydrogens is 454 g/mol. The largest absolute Gasteiger partial charge is 0.473 e. The molecule has 1 saturated carbocycles. The van der Waals surface area contributed by atoms with Crippen molar-refractivity contribution in [2.45, 2.75) is 37.7 Å². The average Bonchev–Trinajstić information content (AvgIpc) is 3.40. The zero-order chi connectivity index (χ0) is 23.7. The van der Waals surface area contributed by atoms with Crippen LogP contribution in [0.2, 0.25) is 0 Å². The van der Waals surface area contributed by atoms with E-state index in [0.29, 0.717) is 18.0 Å². The fourth-order valence-corrected chi connectivity index (χ4v) is 5.29. The van der Waals surface area contributed by atoms with Crippen LogP contribution in [0.1, 0.15) is 24.0 Å². The Morgan fingerprint density at radius 1 is 1.09 bits per heavy atom. The van der Waals surface area contributed by atoms with Crippen molar-refractivity contribution in [1.82, 2.24) is 9.55 Å². The summed E-state index contributed by atoms with van der Waals surface area (Å²) in [6, 6.07) is 9.92. The molecule has 176 valence electrons. The lowest BCUT2D eigenvalue weighted by molar-refractivity contribution is -0.137. The first-order valence-corrected chi connectivity index (χ1v) is 10.9. The Kier molecular flexibility index (Phi) is 4.46. The number of alkyl halides is 3. The molecule has 2 bridgehead atoms. The number of hydrogen-bond donors (Lipinski definition) is 0. The van der Waals surface area contributed by atoms with Gasteiger partial charge >= 0.3 is 11.9 Å². The van der Waals surface area contributed by atoms with E-state index in [1.165, 1.54) is 12.1 Å². The third kappa shape index (κ3) is 3.39. The predicted octanol–water partition coefficient (Wildman–Crippen LogP) is 4.75. The Labute approximate surface area is 191 Å². The van der Waals surface area contributed by atoms with Crippen molar-refractivity contribution in [1.29, 1.82) is 0 Å². The number of anilines is 1. The molecule has 1 spiro atoms. The highest BCUT2D eigenvalue weighted by molar-refractivity contribution is 5.54. The molecule has 0 amide bonds. The van der Waals surface area contributed by atoms with Gasteiger partial charge < -0.3 is 14.4 Å². The summed E-state index contributed by atoms with van der Waals surface area (Å²) in [5, 5.41) is 0. The van der Waals surface area contributed by atoms with Gasteiger partial charge in [-0.05, 0) is 60.7 Å². The molecule has 34 heavy (non-hydrogen) atoms. The first-order valence-electron chi connectivity index (χ1n) is 10.9. The van der Waals surface area contributed by atoms with Gasteiger partial charge in [0.15, 0.2) is 11.6 Å². The van der Waals surface area contributed by atoms with Crippen molar-refractivity contribution in [2.24, 2.45) is 5.92 Å². The van der Waals surface area contributed by atoms with Crippen LogP contribution in [0.4, 0.5) is 23.4 Å². The van der Waals surface area contributed by atoms with Crippen molar-refractivity contribution in [3.8, 4) is 17.4 Å². The van der Waals surface area contributed by atoms with Crippen LogP contribution in [-0.4, -0.2) is 21.6 Å². The maximum atomic E-state index is 14.5. The molecule has 2 aromatic carbocycles. The Bertz CT molecular complexity index is 1330. The molecule has 4 aliphatic rings. The number of halogens is 4. The second-order valence-corrected chi connectivity index (χ2v) is 9.11. The van der Waals surface area contributed by atoms with E-state index in [-0.39, 0.29) is 35.2 Å². The van der Waals surface area contributed by atoms with Crippen molar-refractivity contribution < 1.29 is 27.0 Å². The molecule has 0 radical (unpaired) electrons. The van der Waals surface area contributed by atoms with Crippen molar-refractivity contribution in [2.75, 3.05) is 11.4 Å². The van der Waals surface area contributed by atoms with Crippen LogP contribution in [0.3, 0.4) is 0 Å². The minimum absolute atomic E-state index is 0.0128. The van der Waals surface area contributed by atoms with Gasteiger partial charge in [0.05, 0.1) is 17.6 Å². The van der Waals surface area contributed by atoms with E-state index >= 15 is 0 Å².